The second-order valence-corrected chi connectivity index (χ2v) is 5.22. The minimum atomic E-state index is -0.966. The minimum absolute atomic E-state index is 0.190. The van der Waals surface area contributed by atoms with E-state index in [4.69, 9.17) is 10.5 Å². The molecule has 4 heteroatoms. The third-order valence-corrected chi connectivity index (χ3v) is 3.96. The molecule has 18 heavy (non-hydrogen) atoms. The molecule has 0 amide bonds. The summed E-state index contributed by atoms with van der Waals surface area (Å²) in [7, 11) is 0. The van der Waals surface area contributed by atoms with Crippen LogP contribution < -0.4 is 5.73 Å². The van der Waals surface area contributed by atoms with Crippen LogP contribution in [0.4, 0.5) is 0 Å². The second kappa shape index (κ2) is 4.37. The molecule has 0 radical (unpaired) electrons. The van der Waals surface area contributed by atoms with Crippen LogP contribution >= 0.6 is 0 Å². The summed E-state index contributed by atoms with van der Waals surface area (Å²) in [5, 5.41) is 9.37. The lowest BCUT2D eigenvalue weighted by atomic mass is 9.74. The van der Waals surface area contributed by atoms with Crippen molar-refractivity contribution in [3.63, 3.8) is 0 Å². The van der Waals surface area contributed by atoms with Gasteiger partial charge >= 0.3 is 5.97 Å². The molecule has 0 spiro atoms. The first-order chi connectivity index (χ1) is 8.38. The molecule has 1 fully saturated rings. The van der Waals surface area contributed by atoms with Gasteiger partial charge in [0, 0.05) is 0 Å². The number of nitrogens with two attached hydrogens (primary N) is 1. The Hall–Kier alpha value is -1.39. The van der Waals surface area contributed by atoms with E-state index in [1.54, 1.807) is 0 Å². The van der Waals surface area contributed by atoms with Gasteiger partial charge < -0.3 is 15.6 Å². The van der Waals surface area contributed by atoms with Crippen molar-refractivity contribution in [2.24, 2.45) is 11.1 Å². The number of carbonyl (C=O) groups is 1. The molecule has 1 aliphatic heterocycles. The van der Waals surface area contributed by atoms with E-state index >= 15 is 0 Å². The Morgan fingerprint density at radius 1 is 1.28 bits per heavy atom. The van der Waals surface area contributed by atoms with Gasteiger partial charge in [-0.05, 0) is 43.0 Å². The molecule has 0 saturated carbocycles. The normalized spacial score (nSPS) is 19.1. The minimum Gasteiger partial charge on any atom is -0.481 e. The fraction of sp³-hybridized carbons (Fsp3) is 0.500. The first kappa shape index (κ1) is 13.1. The first-order valence-electron chi connectivity index (χ1n) is 6.03. The lowest BCUT2D eigenvalue weighted by molar-refractivity contribution is -0.184. The maximum Gasteiger partial charge on any atom is 0.316 e. The van der Waals surface area contributed by atoms with Gasteiger partial charge in [-0.3, -0.25) is 4.79 Å². The van der Waals surface area contributed by atoms with Crippen LogP contribution in [-0.4, -0.2) is 24.3 Å². The molecule has 0 aliphatic carbocycles. The van der Waals surface area contributed by atoms with E-state index in [-0.39, 0.29) is 13.2 Å². The van der Waals surface area contributed by atoms with E-state index in [0.29, 0.717) is 0 Å². The molecule has 1 aromatic rings. The topological polar surface area (TPSA) is 72.6 Å². The van der Waals surface area contributed by atoms with Gasteiger partial charge in [-0.1, -0.05) is 12.1 Å². The molecule has 1 saturated heterocycles. The summed E-state index contributed by atoms with van der Waals surface area (Å²) in [5.41, 5.74) is 9.50. The molecule has 0 bridgehead atoms. The number of ether oxygens (including phenoxy) is 1. The van der Waals surface area contributed by atoms with Crippen molar-refractivity contribution >= 4 is 5.97 Å². The van der Waals surface area contributed by atoms with E-state index < -0.39 is 17.4 Å². The SMILES string of the molecule is Cc1cc(C)c(C(N)C2(C(=O)O)COC2)cc1C. The molecule has 1 atom stereocenters. The van der Waals surface area contributed by atoms with Crippen LogP contribution in [0.1, 0.15) is 28.3 Å². The van der Waals surface area contributed by atoms with Crippen molar-refractivity contribution in [1.82, 2.24) is 0 Å². The number of aryl methyl sites for hydroxylation is 3. The number of benzene rings is 1. The molecular weight excluding hydrogens is 230 g/mol. The molecule has 3 N–H and O–H groups in total. The fourth-order valence-electron chi connectivity index (χ4n) is 2.37. The molecule has 98 valence electrons. The van der Waals surface area contributed by atoms with Gasteiger partial charge in [-0.25, -0.2) is 0 Å². The molecule has 1 unspecified atom stereocenters. The van der Waals surface area contributed by atoms with Crippen molar-refractivity contribution < 1.29 is 14.6 Å². The number of carboxylic acid groups (broad SMARTS) is 1. The summed E-state index contributed by atoms with van der Waals surface area (Å²) in [6.45, 7) is 6.40. The quantitative estimate of drug-likeness (QED) is 0.855. The summed E-state index contributed by atoms with van der Waals surface area (Å²) >= 11 is 0. The Balaban J connectivity index is 2.42. The van der Waals surface area contributed by atoms with Crippen LogP contribution in [0.25, 0.3) is 0 Å². The predicted octanol–water partition coefficient (Wildman–Crippen LogP) is 1.71. The summed E-state index contributed by atoms with van der Waals surface area (Å²) < 4.78 is 5.08. The van der Waals surface area contributed by atoms with Crippen LogP contribution in [0.3, 0.4) is 0 Å². The monoisotopic (exact) mass is 249 g/mol. The van der Waals surface area contributed by atoms with Crippen LogP contribution in [0.5, 0.6) is 0 Å². The average Bonchev–Trinajstić information content (AvgIpc) is 2.20. The Morgan fingerprint density at radius 3 is 2.28 bits per heavy atom. The second-order valence-electron chi connectivity index (χ2n) is 5.22. The summed E-state index contributed by atoms with van der Waals surface area (Å²) in [4.78, 5) is 11.4. The summed E-state index contributed by atoms with van der Waals surface area (Å²) in [6, 6.07) is 3.53. The van der Waals surface area contributed by atoms with Crippen molar-refractivity contribution in [1.29, 1.82) is 0 Å². The van der Waals surface area contributed by atoms with Crippen molar-refractivity contribution in [3.05, 3.63) is 34.4 Å². The van der Waals surface area contributed by atoms with Gasteiger partial charge in [0.1, 0.15) is 5.41 Å². The zero-order chi connectivity index (χ0) is 13.5. The molecule has 1 aromatic carbocycles. The number of hydrogen-bond donors (Lipinski definition) is 2. The number of hydrogen-bond acceptors (Lipinski definition) is 3. The van der Waals surface area contributed by atoms with Crippen molar-refractivity contribution in [3.8, 4) is 0 Å². The highest BCUT2D eigenvalue weighted by molar-refractivity contribution is 5.77. The number of aliphatic carboxylic acids is 1. The highest BCUT2D eigenvalue weighted by atomic mass is 16.5. The first-order valence-corrected chi connectivity index (χ1v) is 6.03. The standard InChI is InChI=1S/C14H19NO3/c1-8-4-10(3)11(5-9(8)2)12(15)14(13(16)17)6-18-7-14/h4-5,12H,6-7,15H2,1-3H3,(H,16,17). The van der Waals surface area contributed by atoms with E-state index in [0.717, 1.165) is 16.7 Å². The maximum absolute atomic E-state index is 11.4. The van der Waals surface area contributed by atoms with Gasteiger partial charge in [0.2, 0.25) is 0 Å². The Kier molecular flexibility index (Phi) is 3.17. The third-order valence-electron chi connectivity index (χ3n) is 3.96. The maximum atomic E-state index is 11.4. The van der Waals surface area contributed by atoms with E-state index in [2.05, 4.69) is 6.07 Å². The van der Waals surface area contributed by atoms with Gasteiger partial charge in [-0.15, -0.1) is 0 Å². The van der Waals surface area contributed by atoms with Gasteiger partial charge in [0.05, 0.1) is 19.3 Å². The zero-order valence-electron chi connectivity index (χ0n) is 11.0. The molecule has 4 nitrogen and oxygen atoms in total. The Bertz CT molecular complexity index is 492. The summed E-state index contributed by atoms with van der Waals surface area (Å²) in [6.07, 6.45) is 0. The van der Waals surface area contributed by atoms with Crippen LogP contribution in [-0.2, 0) is 9.53 Å². The highest BCUT2D eigenvalue weighted by Gasteiger charge is 2.52. The molecular formula is C14H19NO3. The van der Waals surface area contributed by atoms with E-state index in [1.165, 1.54) is 5.56 Å². The average molecular weight is 249 g/mol. The fourth-order valence-corrected chi connectivity index (χ4v) is 2.37. The molecule has 1 aliphatic rings. The summed E-state index contributed by atoms with van der Waals surface area (Å²) in [5.74, 6) is -0.876. The zero-order valence-corrected chi connectivity index (χ0v) is 11.0. The predicted molar refractivity (Wildman–Crippen MR) is 68.5 cm³/mol. The Labute approximate surface area is 107 Å². The highest BCUT2D eigenvalue weighted by Crippen LogP contribution is 2.40. The van der Waals surface area contributed by atoms with Crippen LogP contribution in [0, 0.1) is 26.2 Å². The third kappa shape index (κ3) is 1.82. The lowest BCUT2D eigenvalue weighted by Gasteiger charge is -2.42. The van der Waals surface area contributed by atoms with E-state index in [1.807, 2.05) is 26.8 Å². The number of rotatable bonds is 3. The number of carboxylic acids is 1. The van der Waals surface area contributed by atoms with Crippen molar-refractivity contribution in [2.45, 2.75) is 26.8 Å². The smallest absolute Gasteiger partial charge is 0.316 e. The van der Waals surface area contributed by atoms with Crippen LogP contribution in [0.2, 0.25) is 0 Å². The largest absolute Gasteiger partial charge is 0.481 e. The molecule has 1 heterocycles. The van der Waals surface area contributed by atoms with Gasteiger partial charge in [-0.2, -0.15) is 0 Å². The van der Waals surface area contributed by atoms with E-state index in [9.17, 15) is 9.90 Å². The molecule has 2 rings (SSSR count). The van der Waals surface area contributed by atoms with Gasteiger partial charge in [0.25, 0.3) is 0 Å². The van der Waals surface area contributed by atoms with Crippen molar-refractivity contribution in [2.75, 3.05) is 13.2 Å². The van der Waals surface area contributed by atoms with Crippen LogP contribution in [0.15, 0.2) is 12.1 Å². The van der Waals surface area contributed by atoms with Gasteiger partial charge in [0.15, 0.2) is 0 Å². The lowest BCUT2D eigenvalue weighted by Crippen LogP contribution is -2.55. The molecule has 0 aromatic heterocycles. The Morgan fingerprint density at radius 2 is 1.83 bits per heavy atom.